The first-order chi connectivity index (χ1) is 8.50. The topological polar surface area (TPSA) is 42.0 Å². The van der Waals surface area contributed by atoms with Crippen LogP contribution < -0.4 is 5.32 Å². The molecule has 98 valence electrons. The summed E-state index contributed by atoms with van der Waals surface area (Å²) < 4.78 is 38.3. The van der Waals surface area contributed by atoms with Crippen molar-refractivity contribution in [1.82, 2.24) is 10.3 Å². The summed E-state index contributed by atoms with van der Waals surface area (Å²) in [5.74, 6) is -0.518. The molecule has 18 heavy (non-hydrogen) atoms. The van der Waals surface area contributed by atoms with Crippen molar-refractivity contribution in [3.63, 3.8) is 0 Å². The van der Waals surface area contributed by atoms with Crippen molar-refractivity contribution in [2.24, 2.45) is 0 Å². The van der Waals surface area contributed by atoms with Gasteiger partial charge in [-0.05, 0) is 25.5 Å². The maximum atomic E-state index is 12.8. The zero-order valence-corrected chi connectivity index (χ0v) is 9.63. The molecule has 1 aromatic rings. The van der Waals surface area contributed by atoms with Crippen LogP contribution in [0.25, 0.3) is 0 Å². The number of nitrogens with one attached hydrogen (secondary N) is 1. The number of nitrogens with zero attached hydrogens (tertiary/aromatic N) is 1. The van der Waals surface area contributed by atoms with Crippen LogP contribution in [-0.2, 0) is 6.18 Å². The average molecular weight is 258 g/mol. The average Bonchev–Trinajstić information content (AvgIpc) is 2.38. The molecule has 1 aliphatic rings. The highest BCUT2D eigenvalue weighted by molar-refractivity contribution is 6.01. The zero-order valence-electron chi connectivity index (χ0n) is 9.63. The molecular weight excluding hydrogens is 245 g/mol. The number of hydrogen-bond acceptors (Lipinski definition) is 3. The second-order valence-electron chi connectivity index (χ2n) is 4.29. The van der Waals surface area contributed by atoms with Gasteiger partial charge in [0.2, 0.25) is 0 Å². The number of rotatable bonds is 2. The SMILES string of the molecule is O=C(c1cnccc1C(F)(F)F)C1CCCCN1. The van der Waals surface area contributed by atoms with Crippen molar-refractivity contribution >= 4 is 5.78 Å². The Bertz CT molecular complexity index is 439. The van der Waals surface area contributed by atoms with E-state index in [0.717, 1.165) is 31.3 Å². The minimum absolute atomic E-state index is 0.343. The first kappa shape index (κ1) is 13.0. The van der Waals surface area contributed by atoms with Crippen molar-refractivity contribution in [3.05, 3.63) is 29.6 Å². The summed E-state index contributed by atoms with van der Waals surface area (Å²) in [6.07, 6.45) is -0.100. The van der Waals surface area contributed by atoms with E-state index in [2.05, 4.69) is 10.3 Å². The summed E-state index contributed by atoms with van der Waals surface area (Å²) in [7, 11) is 0. The van der Waals surface area contributed by atoms with Gasteiger partial charge in [0, 0.05) is 18.0 Å². The monoisotopic (exact) mass is 258 g/mol. The third-order valence-corrected chi connectivity index (χ3v) is 3.02. The van der Waals surface area contributed by atoms with Gasteiger partial charge in [0.05, 0.1) is 11.6 Å². The van der Waals surface area contributed by atoms with E-state index < -0.39 is 23.6 Å². The van der Waals surface area contributed by atoms with Crippen LogP contribution in [0.5, 0.6) is 0 Å². The van der Waals surface area contributed by atoms with Gasteiger partial charge in [-0.1, -0.05) is 6.42 Å². The standard InChI is InChI=1S/C12H13F3N2O/c13-12(14,15)9-4-6-16-7-8(9)11(18)10-3-1-2-5-17-10/h4,6-7,10,17H,1-3,5H2. The van der Waals surface area contributed by atoms with Gasteiger partial charge in [0.25, 0.3) is 0 Å². The van der Waals surface area contributed by atoms with Crippen LogP contribution in [0.1, 0.15) is 35.2 Å². The third-order valence-electron chi connectivity index (χ3n) is 3.02. The maximum Gasteiger partial charge on any atom is 0.417 e. The van der Waals surface area contributed by atoms with Gasteiger partial charge < -0.3 is 5.32 Å². The van der Waals surface area contributed by atoms with Crippen LogP contribution in [0.2, 0.25) is 0 Å². The number of carbonyl (C=O) groups is 1. The molecule has 2 rings (SSSR count). The van der Waals surface area contributed by atoms with Crippen LogP contribution in [0.4, 0.5) is 13.2 Å². The van der Waals surface area contributed by atoms with Crippen molar-refractivity contribution < 1.29 is 18.0 Å². The molecule has 0 spiro atoms. The lowest BCUT2D eigenvalue weighted by Crippen LogP contribution is -2.41. The molecule has 2 heterocycles. The van der Waals surface area contributed by atoms with E-state index in [0.29, 0.717) is 13.0 Å². The molecule has 1 atom stereocenters. The molecule has 1 saturated heterocycles. The van der Waals surface area contributed by atoms with E-state index in [9.17, 15) is 18.0 Å². The highest BCUT2D eigenvalue weighted by atomic mass is 19.4. The van der Waals surface area contributed by atoms with Crippen LogP contribution in [0.15, 0.2) is 18.5 Å². The van der Waals surface area contributed by atoms with Gasteiger partial charge in [-0.2, -0.15) is 13.2 Å². The summed E-state index contributed by atoms with van der Waals surface area (Å²) in [6, 6.07) is 0.319. The molecule has 0 radical (unpaired) electrons. The highest BCUT2D eigenvalue weighted by Gasteiger charge is 2.36. The zero-order chi connectivity index (χ0) is 13.2. The largest absolute Gasteiger partial charge is 0.417 e. The van der Waals surface area contributed by atoms with Gasteiger partial charge in [-0.3, -0.25) is 9.78 Å². The molecular formula is C12H13F3N2O. The van der Waals surface area contributed by atoms with Crippen LogP contribution >= 0.6 is 0 Å². The molecule has 0 bridgehead atoms. The fraction of sp³-hybridized carbons (Fsp3) is 0.500. The van der Waals surface area contributed by atoms with E-state index in [1.807, 2.05) is 0 Å². The Morgan fingerprint density at radius 2 is 2.17 bits per heavy atom. The number of Topliss-reactive ketones (excluding diaryl/α,β-unsaturated/α-hetero) is 1. The molecule has 1 aromatic heterocycles. The second-order valence-corrected chi connectivity index (χ2v) is 4.29. The summed E-state index contributed by atoms with van der Waals surface area (Å²) in [6.45, 7) is 0.665. The summed E-state index contributed by atoms with van der Waals surface area (Å²) in [4.78, 5) is 15.7. The number of halogens is 3. The van der Waals surface area contributed by atoms with Gasteiger partial charge in [0.1, 0.15) is 0 Å². The minimum Gasteiger partial charge on any atom is -0.307 e. The third kappa shape index (κ3) is 2.69. The van der Waals surface area contributed by atoms with Gasteiger partial charge in [-0.15, -0.1) is 0 Å². The summed E-state index contributed by atoms with van der Waals surface area (Å²) >= 11 is 0. The number of alkyl halides is 3. The normalized spacial score (nSPS) is 20.7. The first-order valence-electron chi connectivity index (χ1n) is 5.79. The Labute approximate surface area is 102 Å². The predicted molar refractivity (Wildman–Crippen MR) is 59.2 cm³/mol. The Hall–Kier alpha value is -1.43. The van der Waals surface area contributed by atoms with Crippen molar-refractivity contribution in [3.8, 4) is 0 Å². The quantitative estimate of drug-likeness (QED) is 0.828. The smallest absolute Gasteiger partial charge is 0.307 e. The van der Waals surface area contributed by atoms with Gasteiger partial charge >= 0.3 is 6.18 Å². The van der Waals surface area contributed by atoms with E-state index in [1.165, 1.54) is 0 Å². The lowest BCUT2D eigenvalue weighted by molar-refractivity contribution is -0.138. The molecule has 0 aromatic carbocycles. The van der Waals surface area contributed by atoms with Gasteiger partial charge in [0.15, 0.2) is 5.78 Å². The Kier molecular flexibility index (Phi) is 3.65. The number of hydrogen-bond donors (Lipinski definition) is 1. The van der Waals surface area contributed by atoms with E-state index >= 15 is 0 Å². The molecule has 6 heteroatoms. The first-order valence-corrected chi connectivity index (χ1v) is 5.79. The Morgan fingerprint density at radius 1 is 1.39 bits per heavy atom. The lowest BCUT2D eigenvalue weighted by atomic mass is 9.94. The molecule has 0 aliphatic carbocycles. The molecule has 0 saturated carbocycles. The lowest BCUT2D eigenvalue weighted by Gasteiger charge is -2.23. The van der Waals surface area contributed by atoms with Crippen LogP contribution in [0.3, 0.4) is 0 Å². The Balaban J connectivity index is 2.30. The highest BCUT2D eigenvalue weighted by Crippen LogP contribution is 2.32. The Morgan fingerprint density at radius 3 is 2.78 bits per heavy atom. The summed E-state index contributed by atoms with van der Waals surface area (Å²) in [5, 5.41) is 2.95. The minimum atomic E-state index is -4.53. The predicted octanol–water partition coefficient (Wildman–Crippen LogP) is 2.43. The number of aromatic nitrogens is 1. The summed E-state index contributed by atoms with van der Waals surface area (Å²) in [5.41, 5.74) is -1.25. The number of pyridine rings is 1. The number of piperidine rings is 1. The molecule has 0 amide bonds. The molecule has 3 nitrogen and oxygen atoms in total. The molecule has 1 unspecified atom stereocenters. The van der Waals surface area contributed by atoms with Crippen molar-refractivity contribution in [2.45, 2.75) is 31.5 Å². The fourth-order valence-electron chi connectivity index (χ4n) is 2.10. The fourth-order valence-corrected chi connectivity index (χ4v) is 2.10. The van der Waals surface area contributed by atoms with Crippen LogP contribution in [0, 0.1) is 0 Å². The van der Waals surface area contributed by atoms with E-state index in [-0.39, 0.29) is 5.56 Å². The maximum absolute atomic E-state index is 12.8. The number of ketones is 1. The molecule has 1 fully saturated rings. The molecule has 1 aliphatic heterocycles. The van der Waals surface area contributed by atoms with Crippen LogP contribution in [-0.4, -0.2) is 23.4 Å². The van der Waals surface area contributed by atoms with E-state index in [1.54, 1.807) is 0 Å². The van der Waals surface area contributed by atoms with E-state index in [4.69, 9.17) is 0 Å². The number of carbonyl (C=O) groups excluding carboxylic acids is 1. The van der Waals surface area contributed by atoms with Crippen molar-refractivity contribution in [2.75, 3.05) is 6.54 Å². The van der Waals surface area contributed by atoms with Gasteiger partial charge in [-0.25, -0.2) is 0 Å². The van der Waals surface area contributed by atoms with Crippen molar-refractivity contribution in [1.29, 1.82) is 0 Å². The second kappa shape index (κ2) is 5.06. The molecule has 1 N–H and O–H groups in total.